The summed E-state index contributed by atoms with van der Waals surface area (Å²) in [6, 6.07) is 159. The summed E-state index contributed by atoms with van der Waals surface area (Å²) in [5, 5.41) is 2.55. The Morgan fingerprint density at radius 2 is 0.547 bits per heavy atom. The summed E-state index contributed by atoms with van der Waals surface area (Å²) < 4.78 is 24.5. The lowest BCUT2D eigenvalue weighted by Gasteiger charge is -2.49. The monoisotopic (exact) mass is 1760 g/mol. The minimum Gasteiger partial charge on any atom is -0.458 e. The van der Waals surface area contributed by atoms with Crippen LogP contribution >= 0.6 is 11.8 Å². The quantitative estimate of drug-likeness (QED) is 0.151. The van der Waals surface area contributed by atoms with E-state index >= 15 is 0 Å². The van der Waals surface area contributed by atoms with Gasteiger partial charge in [-0.1, -0.05) is 290 Å². The standard InChI is InChI=1S/C66H41B3N4OS.C54H30B3N3O2/c1-5-21-42(22-6-1)70(43-23-7-2-8-24-43)46-37-57-63-62(38-46)75-61-41-59-51(39-52(61)69(63)48-30-14-18-34-54(48)71(57)44-25-9-3-10-26-44)68-50-32-16-20-36-56(50)73-55-35-19-15-31-49(55)67-47-29-13-17-33-53(47)72(45-27-11-4-12-28-45)58-40-60(74-59)65(68)66(73)64(58)67;1-2-14-31(15-3-1)58-41-23-9-5-18-34(41)56-38-28-39-48(30-47(38)61-46-27-13-26-44(58)50(46)56)62-49-29-45-51-54-52(49)57(39)36-20-7-11-25-43(36)60(54)42-24-10-6-19-35(42)55(51)37-21-12-17-33-32-16-4-8-22-40(32)59(45)53(33)37/h1-41H;1-30H. The lowest BCUT2D eigenvalue weighted by Crippen LogP contribution is -2.68. The Morgan fingerprint density at radius 3 is 1.05 bits per heavy atom. The van der Waals surface area contributed by atoms with Crippen LogP contribution in [-0.4, -0.2) is 44.8 Å². The van der Waals surface area contributed by atoms with Gasteiger partial charge >= 0.3 is 0 Å². The maximum atomic E-state index is 7.57. The van der Waals surface area contributed by atoms with Crippen molar-refractivity contribution >= 4 is 275 Å². The fraction of sp³-hybridized carbons (Fsp3) is 0. The molecule has 20 aromatic carbocycles. The zero-order valence-electron chi connectivity index (χ0n) is 73.7. The number of hydrogen-bond donors (Lipinski definition) is 0. The molecule has 0 aliphatic carbocycles. The van der Waals surface area contributed by atoms with E-state index in [-0.39, 0.29) is 40.3 Å². The smallest absolute Gasteiger partial charge is 0.256 e. The molecule has 0 saturated carbocycles. The molecule has 13 heterocycles. The van der Waals surface area contributed by atoms with Gasteiger partial charge in [0.15, 0.2) is 0 Å². The molecule has 12 aliphatic rings. The second-order valence-corrected chi connectivity index (χ2v) is 38.8. The molecule has 0 amide bonds. The van der Waals surface area contributed by atoms with E-state index in [9.17, 15) is 0 Å². The van der Waals surface area contributed by atoms with Crippen LogP contribution in [0.5, 0.6) is 34.5 Å². The molecule has 12 aliphatic heterocycles. The fourth-order valence-electron chi connectivity index (χ4n) is 26.0. The van der Waals surface area contributed by atoms with Gasteiger partial charge in [0.25, 0.3) is 33.6 Å². The first-order valence-corrected chi connectivity index (χ1v) is 48.4. The second kappa shape index (κ2) is 27.9. The van der Waals surface area contributed by atoms with Crippen LogP contribution in [-0.2, 0) is 0 Å². The van der Waals surface area contributed by atoms with Crippen molar-refractivity contribution in [2.75, 3.05) is 29.4 Å². The Bertz CT molecular complexity index is 8890. The number of benzene rings is 20. The van der Waals surface area contributed by atoms with E-state index in [4.69, 9.17) is 14.2 Å². The first-order chi connectivity index (χ1) is 68.0. The number of fused-ring (bicyclic) bond motifs is 31. The molecule has 0 N–H and O–H groups in total. The van der Waals surface area contributed by atoms with E-state index in [1.54, 1.807) is 0 Å². The molecule has 0 spiro atoms. The van der Waals surface area contributed by atoms with E-state index in [1.165, 1.54) is 192 Å². The molecule has 0 saturated heterocycles. The number of para-hydroxylation sites is 14. The number of ether oxygens (including phenoxy) is 3. The van der Waals surface area contributed by atoms with Crippen molar-refractivity contribution in [3.63, 3.8) is 0 Å². The second-order valence-electron chi connectivity index (χ2n) is 37.8. The summed E-state index contributed by atoms with van der Waals surface area (Å²) in [6.07, 6.45) is 0. The molecule has 21 aromatic rings. The molecular weight excluding hydrogens is 1680 g/mol. The molecule has 33 rings (SSSR count). The summed E-state index contributed by atoms with van der Waals surface area (Å²) in [7, 11) is 0. The highest BCUT2D eigenvalue weighted by Crippen LogP contribution is 2.54. The largest absolute Gasteiger partial charge is 0.458 e. The summed E-state index contributed by atoms with van der Waals surface area (Å²) in [6.45, 7) is -0.108. The first-order valence-electron chi connectivity index (χ1n) is 47.6. The predicted molar refractivity (Wildman–Crippen MR) is 573 cm³/mol. The van der Waals surface area contributed by atoms with Crippen LogP contribution in [0.2, 0.25) is 0 Å². The van der Waals surface area contributed by atoms with Gasteiger partial charge in [-0.05, 0) is 232 Å². The van der Waals surface area contributed by atoms with Gasteiger partial charge in [-0.2, -0.15) is 0 Å². The van der Waals surface area contributed by atoms with Gasteiger partial charge < -0.3 is 48.2 Å². The van der Waals surface area contributed by atoms with Crippen molar-refractivity contribution in [1.82, 2.24) is 4.57 Å². The molecule has 10 nitrogen and oxygen atoms in total. The summed E-state index contributed by atoms with van der Waals surface area (Å²) in [5.41, 5.74) is 47.8. The van der Waals surface area contributed by atoms with Crippen LogP contribution in [0.15, 0.2) is 441 Å². The molecule has 628 valence electrons. The third kappa shape index (κ3) is 10.1. The van der Waals surface area contributed by atoms with Gasteiger partial charge in [-0.15, -0.1) is 0 Å². The van der Waals surface area contributed by atoms with Gasteiger partial charge in [0.2, 0.25) is 6.71 Å². The zero-order chi connectivity index (χ0) is 88.8. The minimum atomic E-state index is -0.0757. The maximum absolute atomic E-state index is 7.57. The molecule has 0 radical (unpaired) electrons. The van der Waals surface area contributed by atoms with E-state index in [2.05, 4.69) is 465 Å². The van der Waals surface area contributed by atoms with Gasteiger partial charge in [0.1, 0.15) is 34.5 Å². The Labute approximate surface area is 797 Å². The third-order valence-electron chi connectivity index (χ3n) is 31.1. The van der Waals surface area contributed by atoms with Crippen LogP contribution in [0.1, 0.15) is 0 Å². The van der Waals surface area contributed by atoms with Gasteiger partial charge in [-0.3, -0.25) is 0 Å². The zero-order valence-corrected chi connectivity index (χ0v) is 74.5. The maximum Gasteiger partial charge on any atom is 0.256 e. The molecule has 0 bridgehead atoms. The number of hydrogen-bond acceptors (Lipinski definition) is 10. The average molecular weight is 1760 g/mol. The molecule has 17 heteroatoms. The van der Waals surface area contributed by atoms with Crippen molar-refractivity contribution in [2.24, 2.45) is 0 Å². The molecule has 0 atom stereocenters. The number of aromatic nitrogens is 1. The van der Waals surface area contributed by atoms with Crippen molar-refractivity contribution < 1.29 is 14.2 Å². The van der Waals surface area contributed by atoms with Crippen LogP contribution in [0.25, 0.3) is 27.5 Å². The number of nitrogens with zero attached hydrogens (tertiary/aromatic N) is 7. The first kappa shape index (κ1) is 74.7. The van der Waals surface area contributed by atoms with Crippen molar-refractivity contribution in [1.29, 1.82) is 0 Å². The number of rotatable bonds is 6. The van der Waals surface area contributed by atoms with Crippen LogP contribution in [0.4, 0.5) is 102 Å². The van der Waals surface area contributed by atoms with E-state index in [1.807, 2.05) is 11.8 Å². The SMILES string of the molecule is c1ccc(N(c2ccccc2)c2cc3c4c(c2)N(c2ccccc2)c2ccccc2B4c2cc4c(cc2S3)Oc2cc3c5c6c2B4c2ccccc2N6c2ccccc2B5c2ccccc2N3c2ccccc2)cc1.c1ccc(N2c3ccccc3B3c4cc5c(cc4Oc4cccc2c43)Oc2cc3c4c6c2B5c2ccccc2N6c2ccccc2B4c2cccc4c5ccccc5n-3c24)cc1. The normalized spacial score (nSPS) is 14.3. The highest BCUT2D eigenvalue weighted by molar-refractivity contribution is 8.00. The Kier molecular flexibility index (Phi) is 15.2. The predicted octanol–water partition coefficient (Wildman–Crippen LogP) is 17.7. The van der Waals surface area contributed by atoms with Gasteiger partial charge in [-0.25, -0.2) is 0 Å². The lowest BCUT2D eigenvalue weighted by molar-refractivity contribution is 0.465. The highest BCUT2D eigenvalue weighted by atomic mass is 32.2. The van der Waals surface area contributed by atoms with Crippen LogP contribution in [0, 0.1) is 0 Å². The topological polar surface area (TPSA) is 52.1 Å². The molecular formula is C120H71B6N7O3S. The number of anilines is 18. The minimum absolute atomic E-state index is 0.0257. The van der Waals surface area contributed by atoms with Gasteiger partial charge in [0, 0.05) is 152 Å². The average Bonchev–Trinajstić information content (AvgIpc) is 1.63. The third-order valence-corrected chi connectivity index (χ3v) is 32.3. The van der Waals surface area contributed by atoms with Crippen molar-refractivity contribution in [3.8, 4) is 40.2 Å². The molecule has 1 aromatic heterocycles. The van der Waals surface area contributed by atoms with Crippen LogP contribution in [0.3, 0.4) is 0 Å². The fourth-order valence-corrected chi connectivity index (χ4v) is 27.2. The van der Waals surface area contributed by atoms with Crippen LogP contribution < -0.4 is 142 Å². The van der Waals surface area contributed by atoms with E-state index in [0.717, 1.165) is 80.0 Å². The van der Waals surface area contributed by atoms with E-state index in [0.29, 0.717) is 0 Å². The Morgan fingerprint density at radius 1 is 0.197 bits per heavy atom. The summed E-state index contributed by atoms with van der Waals surface area (Å²) >= 11 is 1.87. The summed E-state index contributed by atoms with van der Waals surface area (Å²) in [5.74, 6) is 5.30. The molecule has 137 heavy (non-hydrogen) atoms. The van der Waals surface area contributed by atoms with Gasteiger partial charge in [0.05, 0.1) is 5.52 Å². The van der Waals surface area contributed by atoms with Crippen molar-refractivity contribution in [3.05, 3.63) is 431 Å². The molecule has 0 fully saturated rings. The Balaban J connectivity index is 0.000000127. The Hall–Kier alpha value is -16.9. The summed E-state index contributed by atoms with van der Waals surface area (Å²) in [4.78, 5) is 17.3. The lowest BCUT2D eigenvalue weighted by atomic mass is 9.28. The van der Waals surface area contributed by atoms with E-state index < -0.39 is 0 Å². The highest BCUT2D eigenvalue weighted by Gasteiger charge is 2.56. The van der Waals surface area contributed by atoms with Crippen molar-refractivity contribution in [2.45, 2.75) is 9.79 Å². The molecule has 0 unspecified atom stereocenters.